The Morgan fingerprint density at radius 2 is 1.18 bits per heavy atom. The molecule has 0 unspecified atom stereocenters. The topological polar surface area (TPSA) is 131 Å². The van der Waals surface area contributed by atoms with Crippen LogP contribution in [0.5, 0.6) is 0 Å². The van der Waals surface area contributed by atoms with Gasteiger partial charge in [-0.3, -0.25) is 0 Å². The molecule has 12 heteroatoms. The van der Waals surface area contributed by atoms with Crippen LogP contribution in [-0.2, 0) is 33.0 Å². The Balaban J connectivity index is 0.000000726. The van der Waals surface area contributed by atoms with E-state index in [4.69, 9.17) is 38.0 Å². The van der Waals surface area contributed by atoms with Crippen LogP contribution in [0, 0.1) is 0 Å². The summed E-state index contributed by atoms with van der Waals surface area (Å²) in [6.45, 7) is 5.62. The summed E-state index contributed by atoms with van der Waals surface area (Å²) in [6, 6.07) is 11.9. The summed E-state index contributed by atoms with van der Waals surface area (Å²) in [7, 11) is 3.38. The van der Waals surface area contributed by atoms with Gasteiger partial charge in [0.1, 0.15) is 0 Å². The van der Waals surface area contributed by atoms with Crippen molar-refractivity contribution in [2.45, 2.75) is 50.6 Å². The highest BCUT2D eigenvalue weighted by Crippen LogP contribution is 2.17. The van der Waals surface area contributed by atoms with Crippen LogP contribution in [0.4, 0.5) is 0 Å². The molecule has 38 heavy (non-hydrogen) atoms. The second kappa shape index (κ2) is 25.2. The zero-order chi connectivity index (χ0) is 28.4. The molecule has 1 aromatic carbocycles. The number of hydrogen-bond donors (Lipinski definition) is 4. The number of benzene rings is 1. The summed E-state index contributed by atoms with van der Waals surface area (Å²) in [5.41, 5.74) is 12.1. The van der Waals surface area contributed by atoms with Gasteiger partial charge in [-0.2, -0.15) is 0 Å². The van der Waals surface area contributed by atoms with Crippen LogP contribution in [-0.4, -0.2) is 99.0 Å². The summed E-state index contributed by atoms with van der Waals surface area (Å²) in [4.78, 5) is 0. The number of rotatable bonds is 24. The Hall–Kier alpha value is -0.746. The maximum absolute atomic E-state index is 5.89. The predicted molar refractivity (Wildman–Crippen MR) is 159 cm³/mol. The van der Waals surface area contributed by atoms with Crippen molar-refractivity contribution in [2.24, 2.45) is 11.5 Å². The van der Waals surface area contributed by atoms with Gasteiger partial charge in [0.25, 0.3) is 0 Å². The largest absolute Gasteiger partial charge is 0.500 e. The van der Waals surface area contributed by atoms with Crippen LogP contribution in [0.2, 0.25) is 12.1 Å². The van der Waals surface area contributed by atoms with Gasteiger partial charge in [-0.25, -0.2) is 0 Å². The average molecular weight is 577 g/mol. The van der Waals surface area contributed by atoms with E-state index in [1.165, 1.54) is 24.8 Å². The first kappa shape index (κ1) is 37.3. The highest BCUT2D eigenvalue weighted by Gasteiger charge is 2.38. The van der Waals surface area contributed by atoms with Gasteiger partial charge in [0.05, 0.1) is 6.61 Å². The van der Waals surface area contributed by atoms with E-state index in [0.717, 1.165) is 64.1 Å². The Bertz CT molecular complexity index is 621. The van der Waals surface area contributed by atoms with E-state index in [1.807, 2.05) is 18.2 Å². The lowest BCUT2D eigenvalue weighted by atomic mass is 10.2. The monoisotopic (exact) mass is 576 g/mol. The number of nitrogens with two attached hydrogens (primary N) is 2. The molecular weight excluding hydrogens is 520 g/mol. The SMILES string of the molecule is CO[Si](CCCNCCCCCCN)(OC)OC.CO[Si](CCc1ccccc1)(OC)OCCNCCN. The first-order valence-electron chi connectivity index (χ1n) is 13.8. The number of aryl methyl sites for hydroxylation is 1. The zero-order valence-corrected chi connectivity index (χ0v) is 26.6. The van der Waals surface area contributed by atoms with Crippen molar-refractivity contribution < 1.29 is 26.6 Å². The third-order valence-corrected chi connectivity index (χ3v) is 11.8. The summed E-state index contributed by atoms with van der Waals surface area (Å²) < 4.78 is 33.1. The molecule has 0 radical (unpaired) electrons. The van der Waals surface area contributed by atoms with Crippen LogP contribution in [0.1, 0.15) is 37.7 Å². The molecule has 0 saturated heterocycles. The van der Waals surface area contributed by atoms with Gasteiger partial charge in [-0.15, -0.1) is 0 Å². The smallest absolute Gasteiger partial charge is 0.377 e. The maximum Gasteiger partial charge on any atom is 0.500 e. The van der Waals surface area contributed by atoms with E-state index in [2.05, 4.69) is 22.8 Å². The van der Waals surface area contributed by atoms with Crippen LogP contribution >= 0.6 is 0 Å². The van der Waals surface area contributed by atoms with Gasteiger partial charge in [0.2, 0.25) is 0 Å². The van der Waals surface area contributed by atoms with Gasteiger partial charge in [0.15, 0.2) is 0 Å². The quantitative estimate of drug-likeness (QED) is 0.107. The average Bonchev–Trinajstić information content (AvgIpc) is 2.97. The van der Waals surface area contributed by atoms with Crippen molar-refractivity contribution in [1.29, 1.82) is 0 Å². The third-order valence-electron chi connectivity index (χ3n) is 6.18. The molecule has 0 fully saturated rings. The fraction of sp³-hybridized carbons (Fsp3) is 0.769. The lowest BCUT2D eigenvalue weighted by Crippen LogP contribution is -2.45. The minimum absolute atomic E-state index is 0.572. The Labute approximate surface area is 234 Å². The second-order valence-corrected chi connectivity index (χ2v) is 14.9. The van der Waals surface area contributed by atoms with Gasteiger partial charge in [-0.05, 0) is 50.9 Å². The second-order valence-electron chi connectivity index (χ2n) is 8.82. The Morgan fingerprint density at radius 1 is 0.605 bits per heavy atom. The molecule has 1 rings (SSSR count). The molecule has 0 aliphatic carbocycles. The third kappa shape index (κ3) is 17.8. The van der Waals surface area contributed by atoms with Gasteiger partial charge in [0, 0.05) is 67.3 Å². The van der Waals surface area contributed by atoms with Crippen molar-refractivity contribution in [3.63, 3.8) is 0 Å². The molecule has 0 amide bonds. The van der Waals surface area contributed by atoms with E-state index in [1.54, 1.807) is 35.5 Å². The molecule has 0 spiro atoms. The first-order chi connectivity index (χ1) is 18.5. The molecule has 10 nitrogen and oxygen atoms in total. The van der Waals surface area contributed by atoms with Crippen molar-refractivity contribution in [1.82, 2.24) is 10.6 Å². The van der Waals surface area contributed by atoms with E-state index < -0.39 is 17.6 Å². The molecule has 0 saturated carbocycles. The molecule has 224 valence electrons. The van der Waals surface area contributed by atoms with Crippen molar-refractivity contribution >= 4 is 17.6 Å². The Morgan fingerprint density at radius 3 is 1.76 bits per heavy atom. The normalized spacial score (nSPS) is 11.9. The van der Waals surface area contributed by atoms with Crippen LogP contribution in [0.3, 0.4) is 0 Å². The maximum atomic E-state index is 5.89. The van der Waals surface area contributed by atoms with Gasteiger partial charge < -0.3 is 48.7 Å². The highest BCUT2D eigenvalue weighted by molar-refractivity contribution is 6.60. The molecule has 0 aliphatic heterocycles. The molecule has 1 aromatic rings. The summed E-state index contributed by atoms with van der Waals surface area (Å²) in [6.07, 6.45) is 6.78. The standard InChI is InChI=1S/C14H26N2O3Si.C12H30N2O3Si/c1-17-20(18-2,19-12-11-16-10-9-15)13-8-14-6-4-3-5-7-14;1-15-18(16-2,17-3)12-8-11-14-10-7-5-4-6-9-13/h3-7,16H,8-13,15H2,1-2H3;14H,4-13H2,1-3H3. The summed E-state index contributed by atoms with van der Waals surface area (Å²) in [5, 5.41) is 6.62. The fourth-order valence-electron chi connectivity index (χ4n) is 3.78. The molecule has 0 bridgehead atoms. The van der Waals surface area contributed by atoms with Crippen molar-refractivity contribution in [3.05, 3.63) is 35.9 Å². The van der Waals surface area contributed by atoms with Crippen molar-refractivity contribution in [3.8, 4) is 0 Å². The minimum atomic E-state index is -2.56. The Kier molecular flexibility index (Phi) is 24.7. The predicted octanol–water partition coefficient (Wildman–Crippen LogP) is 2.39. The van der Waals surface area contributed by atoms with Gasteiger partial charge >= 0.3 is 17.6 Å². The molecule has 0 aromatic heterocycles. The molecule has 0 heterocycles. The molecular formula is C26H56N4O6Si2. The zero-order valence-electron chi connectivity index (χ0n) is 24.6. The minimum Gasteiger partial charge on any atom is -0.377 e. The number of hydrogen-bond acceptors (Lipinski definition) is 10. The van der Waals surface area contributed by atoms with Crippen molar-refractivity contribution in [2.75, 3.05) is 81.4 Å². The van der Waals surface area contributed by atoms with E-state index in [0.29, 0.717) is 13.2 Å². The summed E-state index contributed by atoms with van der Waals surface area (Å²) in [5.74, 6) is 0. The lowest BCUT2D eigenvalue weighted by Gasteiger charge is -2.26. The molecule has 6 N–H and O–H groups in total. The first-order valence-corrected chi connectivity index (χ1v) is 17.6. The van der Waals surface area contributed by atoms with E-state index >= 15 is 0 Å². The molecule has 0 atom stereocenters. The summed E-state index contributed by atoms with van der Waals surface area (Å²) >= 11 is 0. The highest BCUT2D eigenvalue weighted by atomic mass is 28.4. The number of nitrogens with one attached hydrogen (secondary N) is 2. The fourth-order valence-corrected chi connectivity index (χ4v) is 7.47. The van der Waals surface area contributed by atoms with Crippen LogP contribution < -0.4 is 22.1 Å². The van der Waals surface area contributed by atoms with Gasteiger partial charge in [-0.1, -0.05) is 43.2 Å². The van der Waals surface area contributed by atoms with Crippen LogP contribution in [0.25, 0.3) is 0 Å². The molecule has 0 aliphatic rings. The number of unbranched alkanes of at least 4 members (excludes halogenated alkanes) is 3. The lowest BCUT2D eigenvalue weighted by molar-refractivity contribution is 0.0992. The van der Waals surface area contributed by atoms with E-state index in [9.17, 15) is 0 Å². The van der Waals surface area contributed by atoms with E-state index in [-0.39, 0.29) is 0 Å². The van der Waals surface area contributed by atoms with Crippen LogP contribution in [0.15, 0.2) is 30.3 Å².